The van der Waals surface area contributed by atoms with Crippen LogP contribution in [0.3, 0.4) is 0 Å². The smallest absolute Gasteiger partial charge is 0.228 e. The topological polar surface area (TPSA) is 29.1 Å². The van der Waals surface area contributed by atoms with Crippen LogP contribution >= 0.6 is 11.8 Å². The minimum Gasteiger partial charge on any atom is -0.326 e. The molecular formula is C14H19NOS. The van der Waals surface area contributed by atoms with E-state index < -0.39 is 0 Å². The largest absolute Gasteiger partial charge is 0.326 e. The van der Waals surface area contributed by atoms with Crippen molar-refractivity contribution in [3.63, 3.8) is 0 Å². The lowest BCUT2D eigenvalue weighted by Crippen LogP contribution is -2.27. The molecule has 2 rings (SSSR count). The summed E-state index contributed by atoms with van der Waals surface area (Å²) >= 11 is 1.89. The van der Waals surface area contributed by atoms with Crippen LogP contribution < -0.4 is 5.32 Å². The molecule has 0 aliphatic carbocycles. The monoisotopic (exact) mass is 249 g/mol. The molecule has 0 aromatic heterocycles. The van der Waals surface area contributed by atoms with Crippen LogP contribution in [0.25, 0.3) is 0 Å². The lowest BCUT2D eigenvalue weighted by atomic mass is 10.0. The fourth-order valence-electron chi connectivity index (χ4n) is 2.24. The zero-order chi connectivity index (χ0) is 12.3. The maximum atomic E-state index is 12.1. The number of anilines is 1. The zero-order valence-corrected chi connectivity index (χ0v) is 11.3. The standard InChI is InChI=1S/C14H19NOS/c1-10-6-11(2)8-13(7-10)15-14(16)12-4-3-5-17-9-12/h6-8,12H,3-5,9H2,1-2H3,(H,15,16). The van der Waals surface area contributed by atoms with Crippen LogP contribution in [-0.4, -0.2) is 17.4 Å². The van der Waals surface area contributed by atoms with Crippen molar-refractivity contribution in [3.8, 4) is 0 Å². The second-order valence-electron chi connectivity index (χ2n) is 4.78. The normalized spacial score (nSPS) is 20.0. The van der Waals surface area contributed by atoms with E-state index in [4.69, 9.17) is 0 Å². The molecule has 0 spiro atoms. The number of carbonyl (C=O) groups is 1. The first-order valence-corrected chi connectivity index (χ1v) is 7.27. The van der Waals surface area contributed by atoms with Crippen LogP contribution in [0.5, 0.6) is 0 Å². The maximum absolute atomic E-state index is 12.1. The molecule has 3 heteroatoms. The third-order valence-corrected chi connectivity index (χ3v) is 4.24. The van der Waals surface area contributed by atoms with Gasteiger partial charge in [-0.2, -0.15) is 11.8 Å². The average Bonchev–Trinajstić information content (AvgIpc) is 2.28. The van der Waals surface area contributed by atoms with E-state index in [-0.39, 0.29) is 11.8 Å². The molecule has 92 valence electrons. The van der Waals surface area contributed by atoms with E-state index in [1.165, 1.54) is 16.9 Å². The second-order valence-corrected chi connectivity index (χ2v) is 5.93. The Bertz CT molecular complexity index is 390. The molecule has 0 saturated carbocycles. The summed E-state index contributed by atoms with van der Waals surface area (Å²) in [6.07, 6.45) is 2.19. The SMILES string of the molecule is Cc1cc(C)cc(NC(=O)C2CCCSC2)c1. The number of hydrogen-bond acceptors (Lipinski definition) is 2. The van der Waals surface area contributed by atoms with Crippen molar-refractivity contribution in [3.05, 3.63) is 29.3 Å². The molecule has 1 atom stereocenters. The van der Waals surface area contributed by atoms with Gasteiger partial charge < -0.3 is 5.32 Å². The highest BCUT2D eigenvalue weighted by molar-refractivity contribution is 7.99. The molecule has 1 N–H and O–H groups in total. The number of aryl methyl sites for hydroxylation is 2. The summed E-state index contributed by atoms with van der Waals surface area (Å²) in [4.78, 5) is 12.1. The summed E-state index contributed by atoms with van der Waals surface area (Å²) in [5.41, 5.74) is 3.32. The van der Waals surface area contributed by atoms with Crippen LogP contribution in [0.15, 0.2) is 18.2 Å². The van der Waals surface area contributed by atoms with Crippen molar-refractivity contribution in [2.45, 2.75) is 26.7 Å². The maximum Gasteiger partial charge on any atom is 0.228 e. The van der Waals surface area contributed by atoms with Crippen LogP contribution in [0, 0.1) is 19.8 Å². The van der Waals surface area contributed by atoms with Gasteiger partial charge in [0.15, 0.2) is 0 Å². The van der Waals surface area contributed by atoms with E-state index in [2.05, 4.69) is 25.2 Å². The van der Waals surface area contributed by atoms with Gasteiger partial charge in [0.2, 0.25) is 5.91 Å². The molecule has 1 heterocycles. The highest BCUT2D eigenvalue weighted by Gasteiger charge is 2.21. The van der Waals surface area contributed by atoms with Crippen molar-refractivity contribution in [1.29, 1.82) is 0 Å². The van der Waals surface area contributed by atoms with Gasteiger partial charge in [-0.3, -0.25) is 4.79 Å². The quantitative estimate of drug-likeness (QED) is 0.870. The van der Waals surface area contributed by atoms with Crippen LogP contribution in [0.4, 0.5) is 5.69 Å². The van der Waals surface area contributed by atoms with Crippen LogP contribution in [0.1, 0.15) is 24.0 Å². The van der Waals surface area contributed by atoms with Gasteiger partial charge in [0.1, 0.15) is 0 Å². The number of benzene rings is 1. The molecule has 1 aliphatic heterocycles. The lowest BCUT2D eigenvalue weighted by molar-refractivity contribution is -0.119. The summed E-state index contributed by atoms with van der Waals surface area (Å²) in [7, 11) is 0. The van der Waals surface area contributed by atoms with Gasteiger partial charge >= 0.3 is 0 Å². The van der Waals surface area contributed by atoms with E-state index in [0.717, 1.165) is 24.3 Å². The molecule has 1 saturated heterocycles. The Labute approximate surface area is 107 Å². The second kappa shape index (κ2) is 5.58. The van der Waals surface area contributed by atoms with E-state index in [0.29, 0.717) is 0 Å². The number of rotatable bonds is 2. The molecule has 1 aromatic rings. The summed E-state index contributed by atoms with van der Waals surface area (Å²) in [6, 6.07) is 6.17. The summed E-state index contributed by atoms with van der Waals surface area (Å²) in [5.74, 6) is 2.54. The molecule has 1 aliphatic rings. The molecule has 2 nitrogen and oxygen atoms in total. The number of carbonyl (C=O) groups excluding carboxylic acids is 1. The van der Waals surface area contributed by atoms with Gasteiger partial charge in [-0.15, -0.1) is 0 Å². The number of amides is 1. The Kier molecular flexibility index (Phi) is 4.11. The summed E-state index contributed by atoms with van der Waals surface area (Å²) in [5, 5.41) is 3.04. The summed E-state index contributed by atoms with van der Waals surface area (Å²) in [6.45, 7) is 4.11. The summed E-state index contributed by atoms with van der Waals surface area (Å²) < 4.78 is 0. The van der Waals surface area contributed by atoms with Gasteiger partial charge in [-0.25, -0.2) is 0 Å². The first-order chi connectivity index (χ1) is 8.15. The molecule has 0 radical (unpaired) electrons. The average molecular weight is 249 g/mol. The third-order valence-electron chi connectivity index (χ3n) is 3.02. The van der Waals surface area contributed by atoms with Crippen molar-refractivity contribution in [2.75, 3.05) is 16.8 Å². The number of thioether (sulfide) groups is 1. The Morgan fingerprint density at radius 2 is 2.00 bits per heavy atom. The molecule has 17 heavy (non-hydrogen) atoms. The first-order valence-electron chi connectivity index (χ1n) is 6.12. The number of nitrogens with one attached hydrogen (secondary N) is 1. The zero-order valence-electron chi connectivity index (χ0n) is 10.5. The Morgan fingerprint density at radius 3 is 2.59 bits per heavy atom. The molecule has 1 fully saturated rings. The number of hydrogen-bond donors (Lipinski definition) is 1. The van der Waals surface area contributed by atoms with Gasteiger partial charge in [0.25, 0.3) is 0 Å². The minimum atomic E-state index is 0.183. The Balaban J connectivity index is 2.01. The van der Waals surface area contributed by atoms with Crippen LogP contribution in [-0.2, 0) is 4.79 Å². The molecule has 0 bridgehead atoms. The van der Waals surface area contributed by atoms with Crippen LogP contribution in [0.2, 0.25) is 0 Å². The highest BCUT2D eigenvalue weighted by atomic mass is 32.2. The fraction of sp³-hybridized carbons (Fsp3) is 0.500. The molecule has 1 amide bonds. The van der Waals surface area contributed by atoms with Crippen molar-refractivity contribution in [1.82, 2.24) is 0 Å². The third kappa shape index (κ3) is 3.50. The van der Waals surface area contributed by atoms with Crippen molar-refractivity contribution in [2.24, 2.45) is 5.92 Å². The van der Waals surface area contributed by atoms with Gasteiger partial charge in [0, 0.05) is 17.4 Å². The fourth-order valence-corrected chi connectivity index (χ4v) is 3.38. The molecule has 1 unspecified atom stereocenters. The van der Waals surface area contributed by atoms with Gasteiger partial charge in [-0.05, 0) is 55.7 Å². The predicted molar refractivity (Wildman–Crippen MR) is 74.6 cm³/mol. The van der Waals surface area contributed by atoms with E-state index in [1.54, 1.807) is 0 Å². The van der Waals surface area contributed by atoms with Crippen molar-refractivity contribution >= 4 is 23.4 Å². The van der Waals surface area contributed by atoms with E-state index in [9.17, 15) is 4.79 Å². The predicted octanol–water partition coefficient (Wildman–Crippen LogP) is 3.39. The minimum absolute atomic E-state index is 0.183. The molecular weight excluding hydrogens is 230 g/mol. The van der Waals surface area contributed by atoms with E-state index in [1.807, 2.05) is 23.9 Å². The van der Waals surface area contributed by atoms with Gasteiger partial charge in [0.05, 0.1) is 0 Å². The van der Waals surface area contributed by atoms with E-state index >= 15 is 0 Å². The molecule has 1 aromatic carbocycles. The van der Waals surface area contributed by atoms with Gasteiger partial charge in [-0.1, -0.05) is 6.07 Å². The first kappa shape index (κ1) is 12.5. The highest BCUT2D eigenvalue weighted by Crippen LogP contribution is 2.24. The Hall–Kier alpha value is -0.960. The van der Waals surface area contributed by atoms with Crippen molar-refractivity contribution < 1.29 is 4.79 Å². The Morgan fingerprint density at radius 1 is 1.29 bits per heavy atom. The lowest BCUT2D eigenvalue weighted by Gasteiger charge is -2.20.